The van der Waals surface area contributed by atoms with Gasteiger partial charge in [-0.25, -0.2) is 0 Å². The van der Waals surface area contributed by atoms with Gasteiger partial charge < -0.3 is 43.2 Å². The van der Waals surface area contributed by atoms with Crippen molar-refractivity contribution in [3.63, 3.8) is 0 Å². The first kappa shape index (κ1) is 20.5. The van der Waals surface area contributed by atoms with Crippen LogP contribution < -0.4 is 38.1 Å². The Balaban J connectivity index is 1.69. The maximum Gasteiger partial charge on any atom is 0.233 e. The number of hydrogen-bond donors (Lipinski definition) is 6. The lowest BCUT2D eigenvalue weighted by Gasteiger charge is -2.37. The van der Waals surface area contributed by atoms with Gasteiger partial charge in [-0.15, -0.1) is 0 Å². The number of benzene rings is 1. The zero-order chi connectivity index (χ0) is 21.3. The summed E-state index contributed by atoms with van der Waals surface area (Å²) in [6.45, 7) is 2.41. The molecule has 0 amide bonds. The molecule has 1 aromatic heterocycles. The predicted molar refractivity (Wildman–Crippen MR) is 117 cm³/mol. The first-order valence-corrected chi connectivity index (χ1v) is 10.2. The second-order valence-electron chi connectivity index (χ2n) is 8.22. The number of anilines is 4. The average Bonchev–Trinajstić information content (AvgIpc) is 2.68. The first-order valence-electron chi connectivity index (χ1n) is 10.2. The molecule has 4 atom stereocenters. The number of para-hydroxylation sites is 2. The van der Waals surface area contributed by atoms with Crippen LogP contribution >= 0.6 is 0 Å². The van der Waals surface area contributed by atoms with E-state index in [4.69, 9.17) is 22.9 Å². The molecule has 2 saturated heterocycles. The average molecular weight is 415 g/mol. The topological polar surface area (TPSA) is 181 Å². The van der Waals surface area contributed by atoms with Gasteiger partial charge in [-0.2, -0.15) is 15.0 Å². The summed E-state index contributed by atoms with van der Waals surface area (Å²) in [5.41, 5.74) is 25.2. The SMILES string of the molecule is N[C@@H]1C[C@H](N)CN(c2nc(Nc3ccccc3O)nc(N3C[C@H](N)C[C@H](N)C3)n2)C1. The van der Waals surface area contributed by atoms with Crippen LogP contribution in [-0.2, 0) is 0 Å². The molecule has 0 saturated carbocycles. The normalized spacial score (nSPS) is 27.2. The van der Waals surface area contributed by atoms with Crippen molar-refractivity contribution in [3.8, 4) is 5.75 Å². The summed E-state index contributed by atoms with van der Waals surface area (Å²) in [7, 11) is 0. The minimum atomic E-state index is -0.0552. The standard InChI is InChI=1S/C19H30N10O/c20-11-5-12(21)8-28(7-11)18-25-17(24-15-3-1-2-4-16(15)30)26-19(27-18)29-9-13(22)6-14(23)10-29/h1-4,11-14,30H,5-10,20-23H2,(H,24,25,26,27)/t11-,12+,13-,14+. The van der Waals surface area contributed by atoms with Gasteiger partial charge in [-0.05, 0) is 25.0 Å². The molecule has 2 aromatic rings. The molecule has 0 radical (unpaired) electrons. The van der Waals surface area contributed by atoms with Crippen molar-refractivity contribution in [2.45, 2.75) is 37.0 Å². The maximum absolute atomic E-state index is 10.1. The van der Waals surface area contributed by atoms with E-state index in [9.17, 15) is 5.11 Å². The second-order valence-corrected chi connectivity index (χ2v) is 8.22. The smallest absolute Gasteiger partial charge is 0.233 e. The highest BCUT2D eigenvalue weighted by molar-refractivity contribution is 5.63. The molecule has 3 heterocycles. The zero-order valence-electron chi connectivity index (χ0n) is 16.9. The zero-order valence-corrected chi connectivity index (χ0v) is 16.9. The van der Waals surface area contributed by atoms with Crippen molar-refractivity contribution in [3.05, 3.63) is 24.3 Å². The number of phenols is 1. The molecule has 2 aliphatic rings. The lowest BCUT2D eigenvalue weighted by molar-refractivity contribution is 0.441. The van der Waals surface area contributed by atoms with Crippen molar-refractivity contribution < 1.29 is 5.11 Å². The number of aromatic nitrogens is 3. The molecule has 0 unspecified atom stereocenters. The molecule has 11 heteroatoms. The van der Waals surface area contributed by atoms with E-state index >= 15 is 0 Å². The monoisotopic (exact) mass is 414 g/mol. The molecular formula is C19H30N10O. The van der Waals surface area contributed by atoms with E-state index in [1.54, 1.807) is 18.2 Å². The van der Waals surface area contributed by atoms with Crippen LogP contribution in [0.15, 0.2) is 24.3 Å². The van der Waals surface area contributed by atoms with Gasteiger partial charge in [-0.3, -0.25) is 0 Å². The summed E-state index contributed by atoms with van der Waals surface area (Å²) in [6, 6.07) is 6.68. The van der Waals surface area contributed by atoms with Gasteiger partial charge in [-0.1, -0.05) is 12.1 Å². The van der Waals surface area contributed by atoms with Crippen LogP contribution in [0.5, 0.6) is 5.75 Å². The van der Waals surface area contributed by atoms with Crippen LogP contribution in [0.1, 0.15) is 12.8 Å². The fourth-order valence-electron chi connectivity index (χ4n) is 4.08. The number of hydrogen-bond acceptors (Lipinski definition) is 11. The van der Waals surface area contributed by atoms with Gasteiger partial charge in [0.05, 0.1) is 5.69 Å². The highest BCUT2D eigenvalue weighted by atomic mass is 16.3. The minimum absolute atomic E-state index is 0.0552. The number of phenolic OH excluding ortho intramolecular Hbond substituents is 1. The minimum Gasteiger partial charge on any atom is -0.506 e. The highest BCUT2D eigenvalue weighted by Gasteiger charge is 2.28. The summed E-state index contributed by atoms with van der Waals surface area (Å²) in [5, 5.41) is 13.2. The maximum atomic E-state index is 10.1. The quantitative estimate of drug-likeness (QED) is 0.339. The number of rotatable bonds is 4. The fraction of sp³-hybridized carbons (Fsp3) is 0.526. The van der Waals surface area contributed by atoms with E-state index in [2.05, 4.69) is 20.3 Å². The van der Waals surface area contributed by atoms with Crippen molar-refractivity contribution >= 4 is 23.5 Å². The molecule has 2 aliphatic heterocycles. The van der Waals surface area contributed by atoms with E-state index in [0.717, 1.165) is 12.8 Å². The van der Waals surface area contributed by atoms with Gasteiger partial charge in [0.25, 0.3) is 0 Å². The van der Waals surface area contributed by atoms with Crippen molar-refractivity contribution in [2.75, 3.05) is 41.3 Å². The summed E-state index contributed by atoms with van der Waals surface area (Å²) in [6.07, 6.45) is 1.51. The van der Waals surface area contributed by atoms with Crippen LogP contribution in [0.25, 0.3) is 0 Å². The Morgan fingerprint density at radius 1 is 0.767 bits per heavy atom. The molecule has 162 valence electrons. The number of nitrogens with zero attached hydrogens (tertiary/aromatic N) is 5. The van der Waals surface area contributed by atoms with E-state index < -0.39 is 0 Å². The van der Waals surface area contributed by atoms with Gasteiger partial charge in [0.15, 0.2) is 0 Å². The molecule has 0 spiro atoms. The summed E-state index contributed by atoms with van der Waals surface area (Å²) >= 11 is 0. The van der Waals surface area contributed by atoms with Crippen LogP contribution in [-0.4, -0.2) is 70.4 Å². The molecule has 0 bridgehead atoms. The highest BCUT2D eigenvalue weighted by Crippen LogP contribution is 2.27. The Kier molecular flexibility index (Phi) is 5.86. The van der Waals surface area contributed by atoms with Crippen molar-refractivity contribution in [2.24, 2.45) is 22.9 Å². The van der Waals surface area contributed by atoms with E-state index in [1.807, 2.05) is 15.9 Å². The van der Waals surface area contributed by atoms with Crippen LogP contribution in [0.4, 0.5) is 23.5 Å². The van der Waals surface area contributed by atoms with Crippen LogP contribution in [0.2, 0.25) is 0 Å². The van der Waals surface area contributed by atoms with Gasteiger partial charge in [0, 0.05) is 50.3 Å². The Morgan fingerprint density at radius 3 is 1.70 bits per heavy atom. The molecule has 10 N–H and O–H groups in total. The van der Waals surface area contributed by atoms with Crippen molar-refractivity contribution in [1.29, 1.82) is 0 Å². The number of aromatic hydroxyl groups is 1. The van der Waals surface area contributed by atoms with Crippen LogP contribution in [0, 0.1) is 0 Å². The van der Waals surface area contributed by atoms with Crippen molar-refractivity contribution in [1.82, 2.24) is 15.0 Å². The molecule has 4 rings (SSSR count). The third kappa shape index (κ3) is 4.70. The fourth-order valence-corrected chi connectivity index (χ4v) is 4.08. The summed E-state index contributed by atoms with van der Waals surface area (Å²) < 4.78 is 0. The Labute approximate surface area is 175 Å². The molecule has 30 heavy (non-hydrogen) atoms. The molecule has 11 nitrogen and oxygen atoms in total. The van der Waals surface area contributed by atoms with E-state index in [1.165, 1.54) is 0 Å². The molecule has 2 fully saturated rings. The second kappa shape index (κ2) is 8.56. The number of piperidine rings is 2. The lowest BCUT2D eigenvalue weighted by atomic mass is 10.0. The summed E-state index contributed by atoms with van der Waals surface area (Å²) in [4.78, 5) is 17.8. The molecule has 1 aromatic carbocycles. The lowest BCUT2D eigenvalue weighted by Crippen LogP contribution is -2.54. The van der Waals surface area contributed by atoms with Gasteiger partial charge >= 0.3 is 0 Å². The summed E-state index contributed by atoms with van der Waals surface area (Å²) in [5.74, 6) is 1.38. The molecule has 0 aliphatic carbocycles. The Bertz CT molecular complexity index is 816. The first-order chi connectivity index (χ1) is 14.4. The Hall–Kier alpha value is -2.73. The molecular weight excluding hydrogens is 384 g/mol. The third-order valence-corrected chi connectivity index (χ3v) is 5.36. The number of nitrogens with one attached hydrogen (secondary N) is 1. The Morgan fingerprint density at radius 2 is 1.23 bits per heavy atom. The third-order valence-electron chi connectivity index (χ3n) is 5.36. The predicted octanol–water partition coefficient (Wildman–Crippen LogP) is -0.950. The largest absolute Gasteiger partial charge is 0.506 e. The van der Waals surface area contributed by atoms with E-state index in [-0.39, 0.29) is 29.9 Å². The van der Waals surface area contributed by atoms with Gasteiger partial charge in [0.1, 0.15) is 5.75 Å². The van der Waals surface area contributed by atoms with Gasteiger partial charge in [0.2, 0.25) is 17.8 Å². The van der Waals surface area contributed by atoms with E-state index in [0.29, 0.717) is 49.7 Å². The van der Waals surface area contributed by atoms with Crippen LogP contribution in [0.3, 0.4) is 0 Å². The number of nitrogens with two attached hydrogens (primary N) is 4.